The van der Waals surface area contributed by atoms with E-state index in [1.165, 1.54) is 7.11 Å². The molecule has 0 radical (unpaired) electrons. The fourth-order valence-corrected chi connectivity index (χ4v) is 1.91. The van der Waals surface area contributed by atoms with Crippen LogP contribution in [0.25, 0.3) is 0 Å². The molecule has 0 aromatic rings. The molecule has 2 unspecified atom stereocenters. The summed E-state index contributed by atoms with van der Waals surface area (Å²) in [7, 11) is 1.48. The predicted molar refractivity (Wildman–Crippen MR) is 69.0 cm³/mol. The predicted octanol–water partition coefficient (Wildman–Crippen LogP) is 0.539. The molecular formula is C12H23N3O3. The Morgan fingerprint density at radius 3 is 2.56 bits per heavy atom. The van der Waals surface area contributed by atoms with Crippen molar-refractivity contribution in [3.63, 3.8) is 0 Å². The van der Waals surface area contributed by atoms with E-state index in [0.717, 1.165) is 5.71 Å². The van der Waals surface area contributed by atoms with Gasteiger partial charge < -0.3 is 21.0 Å². The van der Waals surface area contributed by atoms with Crippen molar-refractivity contribution in [2.45, 2.75) is 57.2 Å². The number of oxime groups is 1. The third-order valence-electron chi connectivity index (χ3n) is 2.94. The first-order chi connectivity index (χ1) is 8.19. The Morgan fingerprint density at radius 2 is 2.11 bits per heavy atom. The summed E-state index contributed by atoms with van der Waals surface area (Å²) in [4.78, 5) is 16.8. The van der Waals surface area contributed by atoms with Gasteiger partial charge in [-0.2, -0.15) is 0 Å². The highest BCUT2D eigenvalue weighted by Gasteiger charge is 2.46. The molecule has 104 valence electrons. The smallest absolute Gasteiger partial charge is 0.328 e. The highest BCUT2D eigenvalue weighted by molar-refractivity contribution is 5.91. The van der Waals surface area contributed by atoms with Crippen LogP contribution in [-0.2, 0) is 14.4 Å². The third-order valence-corrected chi connectivity index (χ3v) is 2.94. The number of carbonyl (C=O) groups is 1. The highest BCUT2D eigenvalue weighted by atomic mass is 16.6. The molecule has 1 rings (SSSR count). The molecule has 6 heteroatoms. The molecule has 4 N–H and O–H groups in total. The van der Waals surface area contributed by atoms with Crippen LogP contribution in [0.15, 0.2) is 5.16 Å². The van der Waals surface area contributed by atoms with E-state index >= 15 is 0 Å². The average molecular weight is 257 g/mol. The second kappa shape index (κ2) is 5.24. The molecule has 18 heavy (non-hydrogen) atoms. The second-order valence-corrected chi connectivity index (χ2v) is 5.69. The van der Waals surface area contributed by atoms with E-state index in [1.807, 2.05) is 0 Å². The molecule has 0 aromatic heterocycles. The van der Waals surface area contributed by atoms with E-state index in [0.29, 0.717) is 19.3 Å². The van der Waals surface area contributed by atoms with Crippen LogP contribution < -0.4 is 11.5 Å². The van der Waals surface area contributed by atoms with E-state index in [4.69, 9.17) is 21.0 Å². The van der Waals surface area contributed by atoms with Gasteiger partial charge in [0, 0.05) is 12.5 Å². The van der Waals surface area contributed by atoms with Gasteiger partial charge in [0.1, 0.15) is 18.2 Å². The molecule has 6 nitrogen and oxygen atoms in total. The zero-order valence-electron chi connectivity index (χ0n) is 11.5. The quantitative estimate of drug-likeness (QED) is 0.555. The molecule has 0 heterocycles. The van der Waals surface area contributed by atoms with Gasteiger partial charge in [-0.05, 0) is 33.6 Å². The lowest BCUT2D eigenvalue weighted by Gasteiger charge is -2.38. The first-order valence-electron chi connectivity index (χ1n) is 6.06. The van der Waals surface area contributed by atoms with Crippen molar-refractivity contribution < 1.29 is 14.4 Å². The van der Waals surface area contributed by atoms with E-state index < -0.39 is 23.2 Å². The molecule has 0 saturated heterocycles. The van der Waals surface area contributed by atoms with Crippen LogP contribution in [0.4, 0.5) is 0 Å². The minimum absolute atomic E-state index is 0.422. The number of hydrogen-bond donors (Lipinski definition) is 2. The van der Waals surface area contributed by atoms with Crippen molar-refractivity contribution in [3.8, 4) is 0 Å². The monoisotopic (exact) mass is 257 g/mol. The minimum atomic E-state index is -1.14. The lowest BCUT2D eigenvalue weighted by Crippen LogP contribution is -2.64. The Hall–Kier alpha value is -1.14. The number of nitrogens with two attached hydrogens (primary N) is 2. The summed E-state index contributed by atoms with van der Waals surface area (Å²) in [6.45, 7) is 5.42. The summed E-state index contributed by atoms with van der Waals surface area (Å²) in [5.74, 6) is -0.445. The van der Waals surface area contributed by atoms with Crippen molar-refractivity contribution in [2.24, 2.45) is 16.6 Å². The topological polar surface area (TPSA) is 99.9 Å². The summed E-state index contributed by atoms with van der Waals surface area (Å²) < 4.78 is 5.33. The molecule has 0 spiro atoms. The van der Waals surface area contributed by atoms with Crippen LogP contribution >= 0.6 is 0 Å². The van der Waals surface area contributed by atoms with Crippen LogP contribution in [0.5, 0.6) is 0 Å². The molecule has 1 saturated carbocycles. The van der Waals surface area contributed by atoms with Crippen LogP contribution in [-0.4, -0.2) is 36.0 Å². The second-order valence-electron chi connectivity index (χ2n) is 5.69. The fraction of sp³-hybridized carbons (Fsp3) is 0.833. The molecule has 1 fully saturated rings. The van der Waals surface area contributed by atoms with Gasteiger partial charge in [0.05, 0.1) is 5.71 Å². The van der Waals surface area contributed by atoms with Crippen LogP contribution in [0.2, 0.25) is 0 Å². The SMILES string of the molecule is CO/N=C1/CCC(N)(C(=O)OC(C)(C)C)C(N)C1. The van der Waals surface area contributed by atoms with Crippen LogP contribution in [0, 0.1) is 0 Å². The Kier molecular flexibility index (Phi) is 4.34. The number of carbonyl (C=O) groups excluding carboxylic acids is 1. The Bertz CT molecular complexity index is 349. The van der Waals surface area contributed by atoms with Gasteiger partial charge in [0.15, 0.2) is 0 Å². The zero-order valence-corrected chi connectivity index (χ0v) is 11.5. The lowest BCUT2D eigenvalue weighted by atomic mass is 9.77. The highest BCUT2D eigenvalue weighted by Crippen LogP contribution is 2.27. The first kappa shape index (κ1) is 14.9. The molecular weight excluding hydrogens is 234 g/mol. The molecule has 0 amide bonds. The van der Waals surface area contributed by atoms with Crippen molar-refractivity contribution in [1.82, 2.24) is 0 Å². The number of nitrogens with zero attached hydrogens (tertiary/aromatic N) is 1. The van der Waals surface area contributed by atoms with E-state index in [1.54, 1.807) is 20.8 Å². The fourth-order valence-electron chi connectivity index (χ4n) is 1.91. The molecule has 0 aliphatic heterocycles. The maximum Gasteiger partial charge on any atom is 0.328 e. The van der Waals surface area contributed by atoms with Gasteiger partial charge in [0.2, 0.25) is 0 Å². The van der Waals surface area contributed by atoms with Crippen molar-refractivity contribution in [2.75, 3.05) is 7.11 Å². The Labute approximate surface area is 108 Å². The number of esters is 1. The molecule has 2 atom stereocenters. The van der Waals surface area contributed by atoms with Gasteiger partial charge >= 0.3 is 5.97 Å². The zero-order chi connectivity index (χ0) is 14.0. The average Bonchev–Trinajstić information content (AvgIpc) is 2.21. The minimum Gasteiger partial charge on any atom is -0.459 e. The van der Waals surface area contributed by atoms with Gasteiger partial charge in [-0.25, -0.2) is 4.79 Å². The number of ether oxygens (including phenoxy) is 1. The van der Waals surface area contributed by atoms with Crippen molar-refractivity contribution >= 4 is 11.7 Å². The standard InChI is InChI=1S/C12H23N3O3/c1-11(2,3)18-10(16)12(14)6-5-8(15-17-4)7-9(12)13/h9H,5-7,13-14H2,1-4H3/b15-8-. The van der Waals surface area contributed by atoms with Crippen LogP contribution in [0.1, 0.15) is 40.0 Å². The van der Waals surface area contributed by atoms with Gasteiger partial charge in [-0.3, -0.25) is 0 Å². The molecule has 1 aliphatic rings. The van der Waals surface area contributed by atoms with Gasteiger partial charge in [-0.1, -0.05) is 5.16 Å². The Balaban J connectivity index is 2.76. The summed E-state index contributed by atoms with van der Waals surface area (Å²) in [6.07, 6.45) is 1.46. The third kappa shape index (κ3) is 3.43. The van der Waals surface area contributed by atoms with E-state index in [-0.39, 0.29) is 0 Å². The lowest BCUT2D eigenvalue weighted by molar-refractivity contribution is -0.163. The van der Waals surface area contributed by atoms with Crippen molar-refractivity contribution in [1.29, 1.82) is 0 Å². The summed E-state index contributed by atoms with van der Waals surface area (Å²) in [5.41, 5.74) is 11.2. The summed E-state index contributed by atoms with van der Waals surface area (Å²) >= 11 is 0. The van der Waals surface area contributed by atoms with E-state index in [9.17, 15) is 4.79 Å². The van der Waals surface area contributed by atoms with Gasteiger partial charge in [-0.15, -0.1) is 0 Å². The van der Waals surface area contributed by atoms with Crippen LogP contribution in [0.3, 0.4) is 0 Å². The molecule has 1 aliphatic carbocycles. The normalized spacial score (nSPS) is 31.2. The summed E-state index contributed by atoms with van der Waals surface area (Å²) in [6, 6.07) is -0.505. The molecule has 0 aromatic carbocycles. The molecule has 0 bridgehead atoms. The maximum atomic E-state index is 12.1. The van der Waals surface area contributed by atoms with Crippen molar-refractivity contribution in [3.05, 3.63) is 0 Å². The van der Waals surface area contributed by atoms with E-state index in [2.05, 4.69) is 5.16 Å². The van der Waals surface area contributed by atoms with Gasteiger partial charge in [0.25, 0.3) is 0 Å². The first-order valence-corrected chi connectivity index (χ1v) is 6.06. The number of hydrogen-bond acceptors (Lipinski definition) is 6. The number of rotatable bonds is 2. The largest absolute Gasteiger partial charge is 0.459 e. The Morgan fingerprint density at radius 1 is 1.50 bits per heavy atom. The maximum absolute atomic E-state index is 12.1. The summed E-state index contributed by atoms with van der Waals surface area (Å²) in [5, 5.41) is 3.86.